The molecule has 0 saturated carbocycles. The van der Waals surface area contributed by atoms with E-state index in [1.807, 2.05) is 72.8 Å². The lowest BCUT2D eigenvalue weighted by atomic mass is 10.0. The van der Waals surface area contributed by atoms with E-state index in [0.29, 0.717) is 19.1 Å². The number of amides is 1. The Bertz CT molecular complexity index is 1080. The number of nitrogens with one attached hydrogen (secondary N) is 1. The Morgan fingerprint density at radius 1 is 1.03 bits per heavy atom. The van der Waals surface area contributed by atoms with Gasteiger partial charge in [-0.2, -0.15) is 5.26 Å². The van der Waals surface area contributed by atoms with Gasteiger partial charge >= 0.3 is 0 Å². The highest BCUT2D eigenvalue weighted by Crippen LogP contribution is 2.30. The Hall–Kier alpha value is -3.58. The zero-order valence-corrected chi connectivity index (χ0v) is 17.4. The first-order valence-electron chi connectivity index (χ1n) is 10.2. The molecular weight excluding hydrogens is 372 g/mol. The van der Waals surface area contributed by atoms with Crippen LogP contribution in [0.4, 0.5) is 0 Å². The van der Waals surface area contributed by atoms with E-state index in [0.717, 1.165) is 34.1 Å². The standard InChI is InChI=1S/C26H26N2O2/c1-19(2)18-30-25-13-12-21(23-10-6-7-11-24(23)25)16-22(17-27)26(29)28-15-14-20-8-4-3-5-9-20/h3-13,16,19H,14-15,18H2,1-2H3,(H,28,29)/b22-16+. The molecule has 4 heteroatoms. The second-order valence-electron chi connectivity index (χ2n) is 7.56. The summed E-state index contributed by atoms with van der Waals surface area (Å²) in [6, 6.07) is 23.6. The topological polar surface area (TPSA) is 62.1 Å². The predicted octanol–water partition coefficient (Wildman–Crippen LogP) is 5.14. The maximum absolute atomic E-state index is 12.5. The predicted molar refractivity (Wildman–Crippen MR) is 121 cm³/mol. The molecule has 1 amide bonds. The van der Waals surface area contributed by atoms with Crippen LogP contribution >= 0.6 is 0 Å². The van der Waals surface area contributed by atoms with Gasteiger partial charge in [0, 0.05) is 11.9 Å². The Morgan fingerprint density at radius 3 is 2.43 bits per heavy atom. The number of fused-ring (bicyclic) bond motifs is 1. The first kappa shape index (κ1) is 21.1. The molecular formula is C26H26N2O2. The number of nitriles is 1. The monoisotopic (exact) mass is 398 g/mol. The van der Waals surface area contributed by atoms with Crippen molar-refractivity contribution in [2.24, 2.45) is 5.92 Å². The molecule has 0 heterocycles. The van der Waals surface area contributed by atoms with Crippen LogP contribution in [-0.2, 0) is 11.2 Å². The highest BCUT2D eigenvalue weighted by molar-refractivity contribution is 6.04. The van der Waals surface area contributed by atoms with Crippen LogP contribution in [0.2, 0.25) is 0 Å². The Balaban J connectivity index is 1.78. The molecule has 0 spiro atoms. The highest BCUT2D eigenvalue weighted by atomic mass is 16.5. The van der Waals surface area contributed by atoms with E-state index in [1.54, 1.807) is 6.08 Å². The molecule has 3 aromatic carbocycles. The van der Waals surface area contributed by atoms with E-state index in [-0.39, 0.29) is 11.5 Å². The number of carbonyl (C=O) groups excluding carboxylic acids is 1. The number of benzene rings is 3. The summed E-state index contributed by atoms with van der Waals surface area (Å²) in [5.74, 6) is 0.869. The molecule has 0 unspecified atom stereocenters. The molecule has 0 atom stereocenters. The quantitative estimate of drug-likeness (QED) is 0.422. The summed E-state index contributed by atoms with van der Waals surface area (Å²) in [5, 5.41) is 14.3. The number of rotatable bonds is 8. The average Bonchev–Trinajstić information content (AvgIpc) is 2.77. The zero-order chi connectivity index (χ0) is 21.3. The van der Waals surface area contributed by atoms with E-state index in [2.05, 4.69) is 19.2 Å². The lowest BCUT2D eigenvalue weighted by Crippen LogP contribution is -2.26. The van der Waals surface area contributed by atoms with E-state index < -0.39 is 0 Å². The molecule has 0 aliphatic carbocycles. The largest absolute Gasteiger partial charge is 0.493 e. The van der Waals surface area contributed by atoms with Crippen molar-refractivity contribution in [2.45, 2.75) is 20.3 Å². The first-order chi connectivity index (χ1) is 14.6. The molecule has 0 saturated heterocycles. The van der Waals surface area contributed by atoms with Crippen LogP contribution < -0.4 is 10.1 Å². The Morgan fingerprint density at radius 2 is 1.73 bits per heavy atom. The van der Waals surface area contributed by atoms with Crippen molar-refractivity contribution in [3.63, 3.8) is 0 Å². The summed E-state index contributed by atoms with van der Waals surface area (Å²) in [5.41, 5.74) is 2.05. The third kappa shape index (κ3) is 5.48. The minimum atomic E-state index is -0.363. The molecule has 30 heavy (non-hydrogen) atoms. The zero-order valence-electron chi connectivity index (χ0n) is 17.4. The first-order valence-corrected chi connectivity index (χ1v) is 10.2. The molecule has 0 aliphatic rings. The van der Waals surface area contributed by atoms with Crippen LogP contribution in [0.25, 0.3) is 16.8 Å². The fourth-order valence-electron chi connectivity index (χ4n) is 3.17. The number of nitrogens with zero attached hydrogens (tertiary/aromatic N) is 1. The fraction of sp³-hybridized carbons (Fsp3) is 0.231. The average molecular weight is 399 g/mol. The molecule has 1 N–H and O–H groups in total. The van der Waals surface area contributed by atoms with Gasteiger partial charge in [0.1, 0.15) is 17.4 Å². The van der Waals surface area contributed by atoms with Crippen LogP contribution in [0, 0.1) is 17.2 Å². The number of hydrogen-bond donors (Lipinski definition) is 1. The van der Waals surface area contributed by atoms with Gasteiger partial charge < -0.3 is 10.1 Å². The normalized spacial score (nSPS) is 11.3. The van der Waals surface area contributed by atoms with Crippen molar-refractivity contribution in [1.82, 2.24) is 5.32 Å². The van der Waals surface area contributed by atoms with Crippen LogP contribution in [0.1, 0.15) is 25.0 Å². The van der Waals surface area contributed by atoms with Gasteiger partial charge in [0.25, 0.3) is 5.91 Å². The smallest absolute Gasteiger partial charge is 0.261 e. The number of ether oxygens (including phenoxy) is 1. The molecule has 0 fully saturated rings. The molecule has 152 valence electrons. The van der Waals surface area contributed by atoms with Crippen LogP contribution in [0.5, 0.6) is 5.75 Å². The van der Waals surface area contributed by atoms with E-state index in [9.17, 15) is 10.1 Å². The molecule has 0 aliphatic heterocycles. The van der Waals surface area contributed by atoms with Gasteiger partial charge in [-0.15, -0.1) is 0 Å². The molecule has 0 bridgehead atoms. The van der Waals surface area contributed by atoms with Gasteiger partial charge in [0.2, 0.25) is 0 Å². The number of hydrogen-bond acceptors (Lipinski definition) is 3. The number of carbonyl (C=O) groups is 1. The van der Waals surface area contributed by atoms with Gasteiger partial charge in [0.15, 0.2) is 0 Å². The second-order valence-corrected chi connectivity index (χ2v) is 7.56. The lowest BCUT2D eigenvalue weighted by Gasteiger charge is -2.13. The van der Waals surface area contributed by atoms with Crippen molar-refractivity contribution < 1.29 is 9.53 Å². The second kappa shape index (κ2) is 10.3. The third-order valence-electron chi connectivity index (χ3n) is 4.70. The Labute approximate surface area is 177 Å². The maximum Gasteiger partial charge on any atom is 0.261 e. The van der Waals surface area contributed by atoms with E-state index in [1.165, 1.54) is 0 Å². The van der Waals surface area contributed by atoms with Gasteiger partial charge in [-0.1, -0.05) is 74.5 Å². The SMILES string of the molecule is CC(C)COc1ccc(/C=C(\C#N)C(=O)NCCc2ccccc2)c2ccccc12. The van der Waals surface area contributed by atoms with Crippen molar-refractivity contribution in [3.05, 3.63) is 83.4 Å². The summed E-state index contributed by atoms with van der Waals surface area (Å²) in [7, 11) is 0. The maximum atomic E-state index is 12.5. The lowest BCUT2D eigenvalue weighted by molar-refractivity contribution is -0.117. The van der Waals surface area contributed by atoms with Crippen LogP contribution in [0.15, 0.2) is 72.3 Å². The molecule has 3 aromatic rings. The van der Waals surface area contributed by atoms with Gasteiger partial charge in [0.05, 0.1) is 6.61 Å². The van der Waals surface area contributed by atoms with Crippen molar-refractivity contribution in [1.29, 1.82) is 5.26 Å². The minimum Gasteiger partial charge on any atom is -0.493 e. The summed E-state index contributed by atoms with van der Waals surface area (Å²) in [4.78, 5) is 12.5. The summed E-state index contributed by atoms with van der Waals surface area (Å²) in [6.07, 6.45) is 2.36. The van der Waals surface area contributed by atoms with Gasteiger partial charge in [-0.05, 0) is 41.0 Å². The third-order valence-corrected chi connectivity index (χ3v) is 4.70. The highest BCUT2D eigenvalue weighted by Gasteiger charge is 2.11. The van der Waals surface area contributed by atoms with Gasteiger partial charge in [-0.25, -0.2) is 0 Å². The van der Waals surface area contributed by atoms with Gasteiger partial charge in [-0.3, -0.25) is 4.79 Å². The Kier molecular flexibility index (Phi) is 7.24. The summed E-state index contributed by atoms with van der Waals surface area (Å²) in [6.45, 7) is 5.32. The molecule has 3 rings (SSSR count). The fourth-order valence-corrected chi connectivity index (χ4v) is 3.17. The molecule has 0 aromatic heterocycles. The van der Waals surface area contributed by atoms with Crippen LogP contribution in [-0.4, -0.2) is 19.1 Å². The van der Waals surface area contributed by atoms with Crippen molar-refractivity contribution in [3.8, 4) is 11.8 Å². The van der Waals surface area contributed by atoms with Crippen LogP contribution in [0.3, 0.4) is 0 Å². The van der Waals surface area contributed by atoms with E-state index in [4.69, 9.17) is 4.74 Å². The van der Waals surface area contributed by atoms with Crippen molar-refractivity contribution >= 4 is 22.8 Å². The molecule has 4 nitrogen and oxygen atoms in total. The molecule has 0 radical (unpaired) electrons. The van der Waals surface area contributed by atoms with Crippen molar-refractivity contribution in [2.75, 3.05) is 13.2 Å². The minimum absolute atomic E-state index is 0.0871. The summed E-state index contributed by atoms with van der Waals surface area (Å²) >= 11 is 0. The van der Waals surface area contributed by atoms with E-state index >= 15 is 0 Å². The summed E-state index contributed by atoms with van der Waals surface area (Å²) < 4.78 is 5.94.